The summed E-state index contributed by atoms with van der Waals surface area (Å²) in [5.74, 6) is 0. The van der Waals surface area contributed by atoms with Gasteiger partial charge in [0.05, 0.1) is 17.2 Å². The summed E-state index contributed by atoms with van der Waals surface area (Å²) < 4.78 is 2.22. The maximum Gasteiger partial charge on any atom is 0.0646 e. The lowest BCUT2D eigenvalue weighted by molar-refractivity contribution is 1.18. The quantitative estimate of drug-likeness (QED) is 0.448. The first-order valence-electron chi connectivity index (χ1n) is 6.08. The van der Waals surface area contributed by atoms with Crippen molar-refractivity contribution in [3.8, 4) is 0 Å². The van der Waals surface area contributed by atoms with Gasteiger partial charge >= 0.3 is 0 Å². The van der Waals surface area contributed by atoms with E-state index in [0.717, 1.165) is 5.52 Å². The molecule has 0 saturated heterocycles. The van der Waals surface area contributed by atoms with Gasteiger partial charge < -0.3 is 4.40 Å². The summed E-state index contributed by atoms with van der Waals surface area (Å²) in [5, 5.41) is 3.89. The smallest absolute Gasteiger partial charge is 0.0646 e. The van der Waals surface area contributed by atoms with Gasteiger partial charge in [-0.05, 0) is 23.9 Å². The monoisotopic (exact) mass is 232 g/mol. The van der Waals surface area contributed by atoms with Crippen LogP contribution < -0.4 is 0 Å². The van der Waals surface area contributed by atoms with E-state index >= 15 is 0 Å². The van der Waals surface area contributed by atoms with Crippen LogP contribution >= 0.6 is 0 Å². The van der Waals surface area contributed by atoms with E-state index in [9.17, 15) is 0 Å². The fourth-order valence-corrected chi connectivity index (χ4v) is 2.77. The molecule has 0 amide bonds. The van der Waals surface area contributed by atoms with Crippen LogP contribution in [0.1, 0.15) is 5.56 Å². The Morgan fingerprint density at radius 3 is 2.89 bits per heavy atom. The topological polar surface area (TPSA) is 17.3 Å². The van der Waals surface area contributed by atoms with Crippen molar-refractivity contribution < 1.29 is 0 Å². The summed E-state index contributed by atoms with van der Waals surface area (Å²) in [5.41, 5.74) is 3.74. The highest BCUT2D eigenvalue weighted by Crippen LogP contribution is 2.30. The van der Waals surface area contributed by atoms with Crippen LogP contribution in [0.25, 0.3) is 27.2 Å². The van der Waals surface area contributed by atoms with Crippen molar-refractivity contribution in [2.45, 2.75) is 6.92 Å². The average Bonchev–Trinajstić information content (AvgIpc) is 2.77. The van der Waals surface area contributed by atoms with Crippen molar-refractivity contribution in [2.24, 2.45) is 0 Å². The van der Waals surface area contributed by atoms with E-state index < -0.39 is 0 Å². The second kappa shape index (κ2) is 3.33. The van der Waals surface area contributed by atoms with Crippen LogP contribution in [0.15, 0.2) is 55.0 Å². The average molecular weight is 232 g/mol. The number of benzene rings is 2. The minimum Gasteiger partial charge on any atom is -0.313 e. The zero-order chi connectivity index (χ0) is 12.1. The molecule has 4 rings (SSSR count). The zero-order valence-corrected chi connectivity index (χ0v) is 10.1. The molecule has 86 valence electrons. The van der Waals surface area contributed by atoms with Crippen LogP contribution in [0.3, 0.4) is 0 Å². The molecule has 2 heteroatoms. The molecule has 0 radical (unpaired) electrons. The molecule has 0 fully saturated rings. The molecular formula is C16H12N2. The summed E-state index contributed by atoms with van der Waals surface area (Å²) in [6, 6.07) is 13.0. The van der Waals surface area contributed by atoms with Gasteiger partial charge in [-0.25, -0.2) is 0 Å². The Morgan fingerprint density at radius 1 is 1.06 bits per heavy atom. The van der Waals surface area contributed by atoms with Gasteiger partial charge in [0, 0.05) is 23.2 Å². The normalized spacial score (nSPS) is 11.6. The molecule has 0 aliphatic rings. The third kappa shape index (κ3) is 1.15. The van der Waals surface area contributed by atoms with Gasteiger partial charge in [0.25, 0.3) is 0 Å². The van der Waals surface area contributed by atoms with Crippen LogP contribution in [-0.2, 0) is 0 Å². The van der Waals surface area contributed by atoms with E-state index in [1.165, 1.54) is 27.2 Å². The number of hydrogen-bond acceptors (Lipinski definition) is 1. The molecule has 0 aliphatic carbocycles. The lowest BCUT2D eigenvalue weighted by atomic mass is 10.0. The van der Waals surface area contributed by atoms with E-state index in [0.29, 0.717) is 0 Å². The molecule has 0 spiro atoms. The number of hydrogen-bond donors (Lipinski definition) is 0. The molecule has 18 heavy (non-hydrogen) atoms. The van der Waals surface area contributed by atoms with Crippen LogP contribution in [0.5, 0.6) is 0 Å². The van der Waals surface area contributed by atoms with Crippen LogP contribution in [0.2, 0.25) is 0 Å². The number of fused-ring (bicyclic) bond motifs is 5. The summed E-state index contributed by atoms with van der Waals surface area (Å²) in [7, 11) is 0. The molecule has 2 aromatic heterocycles. The number of aryl methyl sites for hydroxylation is 1. The second-order valence-corrected chi connectivity index (χ2v) is 4.69. The van der Waals surface area contributed by atoms with Crippen LogP contribution in [0, 0.1) is 6.92 Å². The highest BCUT2D eigenvalue weighted by molar-refractivity contribution is 6.09. The molecule has 0 saturated carbocycles. The highest BCUT2D eigenvalue weighted by Gasteiger charge is 2.08. The highest BCUT2D eigenvalue weighted by atomic mass is 14.9. The fourth-order valence-electron chi connectivity index (χ4n) is 2.77. The van der Waals surface area contributed by atoms with E-state index in [1.807, 2.05) is 18.6 Å². The van der Waals surface area contributed by atoms with Crippen molar-refractivity contribution in [3.63, 3.8) is 0 Å². The maximum absolute atomic E-state index is 4.19. The molecular weight excluding hydrogens is 220 g/mol. The molecule has 4 aromatic rings. The van der Waals surface area contributed by atoms with Gasteiger partial charge in [0.15, 0.2) is 0 Å². The molecule has 2 nitrogen and oxygen atoms in total. The van der Waals surface area contributed by atoms with Gasteiger partial charge in [0.1, 0.15) is 0 Å². The van der Waals surface area contributed by atoms with Crippen molar-refractivity contribution in [1.82, 2.24) is 9.38 Å². The molecule has 0 unspecified atom stereocenters. The number of rotatable bonds is 0. The first kappa shape index (κ1) is 9.66. The minimum atomic E-state index is 1.14. The van der Waals surface area contributed by atoms with E-state index in [1.54, 1.807) is 0 Å². The van der Waals surface area contributed by atoms with E-state index in [-0.39, 0.29) is 0 Å². The maximum atomic E-state index is 4.19. The fraction of sp³-hybridized carbons (Fsp3) is 0.0625. The summed E-state index contributed by atoms with van der Waals surface area (Å²) in [6.07, 6.45) is 5.78. The van der Waals surface area contributed by atoms with Gasteiger partial charge in [-0.1, -0.05) is 30.3 Å². The van der Waals surface area contributed by atoms with Gasteiger partial charge in [-0.2, -0.15) is 0 Å². The van der Waals surface area contributed by atoms with Crippen molar-refractivity contribution in [3.05, 3.63) is 60.6 Å². The molecule has 2 aromatic carbocycles. The summed E-state index contributed by atoms with van der Waals surface area (Å²) in [6.45, 7) is 2.17. The zero-order valence-electron chi connectivity index (χ0n) is 10.1. The Morgan fingerprint density at radius 2 is 1.94 bits per heavy atom. The Labute approximate surface area is 104 Å². The SMILES string of the molecule is Cc1cccc2ccc3cc4cnccn4c3c12. The Bertz CT molecular complexity index is 887. The summed E-state index contributed by atoms with van der Waals surface area (Å²) >= 11 is 0. The van der Waals surface area contributed by atoms with Gasteiger partial charge in [-0.3, -0.25) is 4.98 Å². The number of aromatic nitrogens is 2. The minimum absolute atomic E-state index is 1.14. The number of nitrogens with zero attached hydrogens (tertiary/aromatic N) is 2. The largest absolute Gasteiger partial charge is 0.313 e. The van der Waals surface area contributed by atoms with Crippen LogP contribution in [0.4, 0.5) is 0 Å². The van der Waals surface area contributed by atoms with E-state index in [2.05, 4.69) is 52.7 Å². The Hall–Kier alpha value is -2.35. The molecule has 0 atom stereocenters. The molecule has 0 bridgehead atoms. The Balaban J connectivity index is 2.40. The molecule has 2 heterocycles. The lowest BCUT2D eigenvalue weighted by Crippen LogP contribution is -1.87. The predicted molar refractivity (Wildman–Crippen MR) is 74.9 cm³/mol. The van der Waals surface area contributed by atoms with Gasteiger partial charge in [-0.15, -0.1) is 0 Å². The Kier molecular flexibility index (Phi) is 1.78. The predicted octanol–water partition coefficient (Wildman–Crippen LogP) is 3.95. The van der Waals surface area contributed by atoms with Gasteiger partial charge in [0.2, 0.25) is 0 Å². The van der Waals surface area contributed by atoms with Crippen LogP contribution in [-0.4, -0.2) is 9.38 Å². The first-order valence-corrected chi connectivity index (χ1v) is 6.08. The first-order chi connectivity index (χ1) is 8.84. The summed E-state index contributed by atoms with van der Waals surface area (Å²) in [4.78, 5) is 4.19. The van der Waals surface area contributed by atoms with Crippen molar-refractivity contribution in [2.75, 3.05) is 0 Å². The van der Waals surface area contributed by atoms with E-state index in [4.69, 9.17) is 0 Å². The van der Waals surface area contributed by atoms with Crippen molar-refractivity contribution >= 4 is 27.2 Å². The molecule has 0 aliphatic heterocycles. The molecule has 0 N–H and O–H groups in total. The second-order valence-electron chi connectivity index (χ2n) is 4.69. The standard InChI is InChI=1S/C16H12N2/c1-11-3-2-4-12-5-6-13-9-14-10-17-7-8-18(14)16(13)15(11)12/h2-10H,1H3. The van der Waals surface area contributed by atoms with Crippen molar-refractivity contribution in [1.29, 1.82) is 0 Å². The third-order valence-electron chi connectivity index (χ3n) is 3.59. The lowest BCUT2D eigenvalue weighted by Gasteiger charge is -2.05. The third-order valence-corrected chi connectivity index (χ3v) is 3.59.